The molecule has 0 fully saturated rings. The van der Waals surface area contributed by atoms with Crippen LogP contribution in [0.25, 0.3) is 21.5 Å². The Balaban J connectivity index is 1.33. The largest absolute Gasteiger partial charge is 0.481 e. The third-order valence-corrected chi connectivity index (χ3v) is 20.7. The summed E-state index contributed by atoms with van der Waals surface area (Å²) in [4.78, 5) is 49.7. The van der Waals surface area contributed by atoms with Gasteiger partial charge < -0.3 is 26.0 Å². The van der Waals surface area contributed by atoms with E-state index in [0.29, 0.717) is 117 Å². The smallest absolute Gasteiger partial charge is 0.303 e. The summed E-state index contributed by atoms with van der Waals surface area (Å²) >= 11 is 0. The van der Waals surface area contributed by atoms with Crippen LogP contribution in [0.2, 0.25) is 0 Å². The zero-order valence-electron chi connectivity index (χ0n) is 49.5. The maximum absolute atomic E-state index is 13.5. The van der Waals surface area contributed by atoms with Gasteiger partial charge >= 0.3 is 5.97 Å². The number of anilines is 1. The van der Waals surface area contributed by atoms with Gasteiger partial charge in [-0.15, -0.1) is 0 Å². The molecule has 4 aromatic rings. The molecule has 0 saturated heterocycles. The molecule has 7 rings (SSSR count). The summed E-state index contributed by atoms with van der Waals surface area (Å²) < 4.78 is 180. The molecule has 486 valence electrons. The highest BCUT2D eigenvalue weighted by molar-refractivity contribution is 7.87. The third-order valence-electron chi connectivity index (χ3n) is 16.4. The van der Waals surface area contributed by atoms with Crippen LogP contribution >= 0.6 is 0 Å². The van der Waals surface area contributed by atoms with Crippen molar-refractivity contribution in [2.45, 2.75) is 166 Å². The highest BCUT2D eigenvalue weighted by Gasteiger charge is 2.47. The number of hydrogen-bond donors (Lipinski definition) is 9. The van der Waals surface area contributed by atoms with Crippen LogP contribution in [0.1, 0.15) is 141 Å². The second-order valence-corrected chi connectivity index (χ2v) is 30.5. The topological polar surface area (TPSA) is 403 Å². The molecule has 30 heteroatoms. The number of amides is 3. The van der Waals surface area contributed by atoms with Gasteiger partial charge in [0.05, 0.1) is 21.0 Å². The van der Waals surface area contributed by atoms with Crippen LogP contribution in [0.4, 0.5) is 11.4 Å². The Kier molecular flexibility index (Phi) is 22.3. The molecule has 2 atom stereocenters. The zero-order valence-corrected chi connectivity index (χ0v) is 53.6. The summed E-state index contributed by atoms with van der Waals surface area (Å²) in [5, 5.41) is 17.6. The van der Waals surface area contributed by atoms with E-state index in [-0.39, 0.29) is 98.1 Å². The molecule has 0 saturated carbocycles. The van der Waals surface area contributed by atoms with Gasteiger partial charge in [0.2, 0.25) is 23.4 Å². The van der Waals surface area contributed by atoms with Crippen LogP contribution in [0.5, 0.6) is 0 Å². The molecule has 2 unspecified atom stereocenters. The average Bonchev–Trinajstić information content (AvgIpc) is 1.63. The molecular weight excluding hydrogens is 1260 g/mol. The minimum absolute atomic E-state index is 0.00480. The predicted molar refractivity (Wildman–Crippen MR) is 332 cm³/mol. The lowest BCUT2D eigenvalue weighted by molar-refractivity contribution is -0.438. The number of rotatable bonds is 15. The van der Waals surface area contributed by atoms with Crippen molar-refractivity contribution >= 4 is 113 Å². The van der Waals surface area contributed by atoms with Gasteiger partial charge in [0.1, 0.15) is 22.4 Å². The zero-order chi connectivity index (χ0) is 65.5. The Bertz CT molecular complexity index is 4160. The van der Waals surface area contributed by atoms with Crippen molar-refractivity contribution in [1.29, 1.82) is 0 Å². The maximum atomic E-state index is 13.5. The molecule has 0 aromatic heterocycles. The number of hydrogen-bond acceptors (Lipinski definition) is 15. The Labute approximate surface area is 518 Å². The maximum Gasteiger partial charge on any atom is 0.303 e. The predicted octanol–water partition coefficient (Wildman–Crippen LogP) is 7.47. The minimum atomic E-state index is -5.15. The first kappa shape index (κ1) is 70.0. The second-order valence-electron chi connectivity index (χ2n) is 23.3. The van der Waals surface area contributed by atoms with E-state index in [9.17, 15) is 84.0 Å². The van der Waals surface area contributed by atoms with E-state index in [1.54, 1.807) is 41.3 Å². The van der Waals surface area contributed by atoms with Crippen molar-refractivity contribution in [3.63, 3.8) is 0 Å². The highest BCUT2D eigenvalue weighted by atomic mass is 32.2. The van der Waals surface area contributed by atoms with Crippen LogP contribution < -0.4 is 20.9 Å². The van der Waals surface area contributed by atoms with Crippen LogP contribution in [0, 0.1) is 0 Å². The summed E-state index contributed by atoms with van der Waals surface area (Å²) in [5.41, 5.74) is 0.517. The van der Waals surface area contributed by atoms with E-state index in [1.165, 1.54) is 18.2 Å². The number of nitrogens with one attached hydrogen (secondary N) is 3. The second kappa shape index (κ2) is 28.4. The van der Waals surface area contributed by atoms with Crippen LogP contribution in [-0.2, 0) is 80.6 Å². The van der Waals surface area contributed by atoms with Crippen molar-refractivity contribution in [2.24, 2.45) is 0 Å². The van der Waals surface area contributed by atoms with Gasteiger partial charge in [0.15, 0.2) is 5.71 Å². The normalized spacial score (nSPS) is 21.2. The van der Waals surface area contributed by atoms with E-state index in [4.69, 9.17) is 5.11 Å². The molecule has 0 spiro atoms. The fourth-order valence-corrected chi connectivity index (χ4v) is 15.4. The molecule has 0 bridgehead atoms. The fourth-order valence-electron chi connectivity index (χ4n) is 12.3. The van der Waals surface area contributed by atoms with Crippen molar-refractivity contribution < 1.29 is 93.7 Å². The molecule has 0 radical (unpaired) electrons. The Morgan fingerprint density at radius 2 is 1.26 bits per heavy atom. The number of unbranched alkanes of at least 4 members (excludes halogenated alkanes) is 2. The van der Waals surface area contributed by atoms with Gasteiger partial charge in [-0.25, -0.2) is 0 Å². The van der Waals surface area contributed by atoms with E-state index in [2.05, 4.69) is 16.0 Å². The van der Waals surface area contributed by atoms with Gasteiger partial charge in [-0.05, 0) is 144 Å². The van der Waals surface area contributed by atoms with Gasteiger partial charge in [0, 0.05) is 90.6 Å². The Morgan fingerprint density at radius 1 is 0.652 bits per heavy atom. The number of carboxylic acid groups (broad SMARTS) is 1. The van der Waals surface area contributed by atoms with Crippen molar-refractivity contribution in [3.05, 3.63) is 95.7 Å². The molecule has 3 aliphatic heterocycles. The third kappa shape index (κ3) is 17.3. The lowest BCUT2D eigenvalue weighted by Gasteiger charge is -2.31. The number of fused-ring (bicyclic) bond motifs is 9. The molecule has 3 heterocycles. The number of aliphatic carboxylic acids is 1. The van der Waals surface area contributed by atoms with E-state index in [0.717, 1.165) is 12.1 Å². The number of benzene rings is 4. The number of carboxylic acids is 1. The summed E-state index contributed by atoms with van der Waals surface area (Å²) in [6, 6.07) is 8.54. The lowest BCUT2D eigenvalue weighted by atomic mass is 9.75. The molecule has 9 N–H and O–H groups in total. The Morgan fingerprint density at radius 3 is 1.87 bits per heavy atom. The summed E-state index contributed by atoms with van der Waals surface area (Å²) in [6.07, 6.45) is 14.0. The van der Waals surface area contributed by atoms with Gasteiger partial charge in [-0.1, -0.05) is 43.6 Å². The SMILES string of the molecule is CC1(C)C2=[N+](CCCCCC(=O)NC(C(=O)NCCCCCC(=O)O)CCCCNC(=O)CCCCCC3(C)/C(=C/C=C/C=C/2)N(CCCS(=O)(=O)O)c2ccc4c(S(=O)(=O)O)cc(S(=O)(=O)O)cc4c23)c2ccc3c(S(=O)(=O)O)cc(S(=O)(=O)O)cc3c21. The Hall–Kier alpha value is -6.48. The molecule has 0 aliphatic carbocycles. The first-order valence-corrected chi connectivity index (χ1v) is 36.5. The lowest BCUT2D eigenvalue weighted by Crippen LogP contribution is -2.47. The molecule has 3 aliphatic rings. The standard InChI is InChI=1S/C59H75N5O20S5/c1-58(2)50-20-8-4-9-21-51-59(3,56-44-36-40(87(76,77)78)38-49(89(82,83)84)42(44)26-28-47(56)64(51)33-18-34-85(70,71)72)29-14-5-10-22-52(65)60-30-16-13-19-45(57(69)61-31-15-6-12-24-54(67)68)62-53(66)23-11-7-17-32-63(50)46-27-25-41-43(55(46)58)35-39(86(73,74)75)37-48(41)88(79,80)81/h4,8-9,20-21,25-28,35-38,45H,5-7,10-19,22-24,29-34H2,1-3H3,(H8-,60,61,62,65,66,67,68,69,70,71,72,73,74,75,76,77,78,79,80,81,82,83,84)/p+1. The highest BCUT2D eigenvalue weighted by Crippen LogP contribution is 2.54. The quantitative estimate of drug-likeness (QED) is 0.0316. The van der Waals surface area contributed by atoms with Gasteiger partial charge in [-0.2, -0.15) is 46.7 Å². The molecule has 25 nitrogen and oxygen atoms in total. The summed E-state index contributed by atoms with van der Waals surface area (Å²) in [7, 11) is -24.9. The summed E-state index contributed by atoms with van der Waals surface area (Å²) in [5.74, 6) is -2.62. The van der Waals surface area contributed by atoms with Crippen molar-refractivity contribution in [1.82, 2.24) is 16.0 Å². The average molecular weight is 1340 g/mol. The number of allylic oxidation sites excluding steroid dienone is 6. The van der Waals surface area contributed by atoms with E-state index in [1.807, 2.05) is 25.3 Å². The summed E-state index contributed by atoms with van der Waals surface area (Å²) in [6.45, 7) is 6.18. The van der Waals surface area contributed by atoms with Gasteiger partial charge in [0.25, 0.3) is 50.6 Å². The number of nitrogens with zero attached hydrogens (tertiary/aromatic N) is 2. The first-order valence-electron chi connectivity index (χ1n) is 29.2. The number of carbonyl (C=O) groups is 4. The van der Waals surface area contributed by atoms with Crippen LogP contribution in [0.3, 0.4) is 0 Å². The monoisotopic (exact) mass is 1330 g/mol. The first-order chi connectivity index (χ1) is 41.5. The van der Waals surface area contributed by atoms with Crippen LogP contribution in [0.15, 0.2) is 104 Å². The fraction of sp³-hybridized carbons (Fsp3) is 0.475. The van der Waals surface area contributed by atoms with Crippen molar-refractivity contribution in [2.75, 3.05) is 36.8 Å². The van der Waals surface area contributed by atoms with Gasteiger partial charge in [-0.3, -0.25) is 41.9 Å². The van der Waals surface area contributed by atoms with Crippen LogP contribution in [-0.4, -0.2) is 142 Å². The van der Waals surface area contributed by atoms with Crippen molar-refractivity contribution in [3.8, 4) is 0 Å². The number of carbonyl (C=O) groups excluding carboxylic acids is 3. The molecular formula is C59H76N5O20S5+. The molecule has 3 amide bonds. The van der Waals surface area contributed by atoms with E-state index >= 15 is 0 Å². The minimum Gasteiger partial charge on any atom is -0.481 e. The van der Waals surface area contributed by atoms with E-state index < -0.39 is 105 Å². The molecule has 89 heavy (non-hydrogen) atoms. The molecule has 4 aromatic carbocycles.